The molecule has 3 aromatic rings. The van der Waals surface area contributed by atoms with Gasteiger partial charge in [-0.25, -0.2) is 4.98 Å². The van der Waals surface area contributed by atoms with E-state index in [0.29, 0.717) is 0 Å². The molecule has 0 unspecified atom stereocenters. The molecule has 3 aromatic heterocycles. The Morgan fingerprint density at radius 1 is 1.25 bits per heavy atom. The van der Waals surface area contributed by atoms with Gasteiger partial charge in [0.1, 0.15) is 4.83 Å². The summed E-state index contributed by atoms with van der Waals surface area (Å²) in [4.78, 5) is 7.08. The molecule has 104 valence electrons. The third-order valence-corrected chi connectivity index (χ3v) is 5.26. The average Bonchev–Trinajstić information content (AvgIpc) is 3.09. The highest BCUT2D eigenvalue weighted by Crippen LogP contribution is 2.34. The van der Waals surface area contributed by atoms with Gasteiger partial charge in [0.2, 0.25) is 0 Å². The topological polar surface area (TPSA) is 38.9 Å². The molecule has 0 radical (unpaired) electrons. The molecule has 0 bridgehead atoms. The molecule has 0 aliphatic rings. The Morgan fingerprint density at radius 3 is 2.90 bits per heavy atom. The van der Waals surface area contributed by atoms with E-state index < -0.39 is 0 Å². The number of aromatic nitrogens is 1. The van der Waals surface area contributed by atoms with E-state index in [1.54, 1.807) is 22.7 Å². The van der Waals surface area contributed by atoms with E-state index in [1.807, 2.05) is 5.38 Å². The van der Waals surface area contributed by atoms with E-state index in [-0.39, 0.29) is 0 Å². The number of fused-ring (bicyclic) bond motifs is 1. The van der Waals surface area contributed by atoms with Gasteiger partial charge in [0.25, 0.3) is 0 Å². The summed E-state index contributed by atoms with van der Waals surface area (Å²) in [6.07, 6.45) is 4.81. The molecule has 3 rings (SSSR count). The van der Waals surface area contributed by atoms with Crippen molar-refractivity contribution in [1.82, 2.24) is 4.98 Å². The summed E-state index contributed by atoms with van der Waals surface area (Å²) in [5.74, 6) is 0. The lowest BCUT2D eigenvalue weighted by Gasteiger charge is -2.07. The molecule has 4 heteroatoms. The number of nitrogen functional groups attached to an aromatic ring is 1. The molecular formula is C16H18N2S2. The zero-order valence-electron chi connectivity index (χ0n) is 11.6. The van der Waals surface area contributed by atoms with Crippen LogP contribution in [0.2, 0.25) is 0 Å². The first-order valence-corrected chi connectivity index (χ1v) is 8.76. The maximum Gasteiger partial charge on any atom is 0.126 e. The minimum atomic E-state index is 0.877. The van der Waals surface area contributed by atoms with Crippen LogP contribution in [0.3, 0.4) is 0 Å². The second-order valence-electron chi connectivity index (χ2n) is 4.97. The molecule has 0 fully saturated rings. The standard InChI is InChI=1S/C16H18N2S2/c1-2-3-4-6-11-9-13(14-7-5-8-19-14)18-16-15(11)12(17)10-20-16/h5,7-10H,2-4,6,17H2,1H3. The minimum Gasteiger partial charge on any atom is -0.397 e. The maximum atomic E-state index is 6.12. The van der Waals surface area contributed by atoms with Crippen LogP contribution >= 0.6 is 22.7 Å². The van der Waals surface area contributed by atoms with Gasteiger partial charge in [0.15, 0.2) is 0 Å². The van der Waals surface area contributed by atoms with Gasteiger partial charge in [-0.05, 0) is 35.9 Å². The van der Waals surface area contributed by atoms with Crippen LogP contribution in [-0.4, -0.2) is 4.98 Å². The van der Waals surface area contributed by atoms with E-state index in [9.17, 15) is 0 Å². The first-order chi connectivity index (χ1) is 9.79. The summed E-state index contributed by atoms with van der Waals surface area (Å²) in [5, 5.41) is 5.28. The second-order valence-corrected chi connectivity index (χ2v) is 6.78. The van der Waals surface area contributed by atoms with Crippen LogP contribution in [0.15, 0.2) is 29.0 Å². The van der Waals surface area contributed by atoms with E-state index in [0.717, 1.165) is 22.6 Å². The summed E-state index contributed by atoms with van der Waals surface area (Å²) in [6, 6.07) is 6.43. The monoisotopic (exact) mass is 302 g/mol. The number of hydrogen-bond acceptors (Lipinski definition) is 4. The zero-order valence-corrected chi connectivity index (χ0v) is 13.2. The van der Waals surface area contributed by atoms with E-state index in [4.69, 9.17) is 10.7 Å². The van der Waals surface area contributed by atoms with Crippen LogP contribution < -0.4 is 5.73 Å². The molecule has 0 aliphatic heterocycles. The van der Waals surface area contributed by atoms with Crippen molar-refractivity contribution in [3.8, 4) is 10.6 Å². The largest absolute Gasteiger partial charge is 0.397 e. The van der Waals surface area contributed by atoms with Crippen LogP contribution in [0.4, 0.5) is 5.69 Å². The minimum absolute atomic E-state index is 0.877. The molecule has 2 nitrogen and oxygen atoms in total. The van der Waals surface area contributed by atoms with E-state index in [1.165, 1.54) is 35.1 Å². The van der Waals surface area contributed by atoms with Gasteiger partial charge in [0.05, 0.1) is 16.3 Å². The Bertz CT molecular complexity index is 699. The van der Waals surface area contributed by atoms with Gasteiger partial charge in [-0.3, -0.25) is 0 Å². The first-order valence-electron chi connectivity index (χ1n) is 7.00. The van der Waals surface area contributed by atoms with Crippen LogP contribution in [0.25, 0.3) is 20.8 Å². The average molecular weight is 302 g/mol. The molecule has 0 atom stereocenters. The van der Waals surface area contributed by atoms with Gasteiger partial charge >= 0.3 is 0 Å². The van der Waals surface area contributed by atoms with Gasteiger partial charge in [-0.2, -0.15) is 0 Å². The van der Waals surface area contributed by atoms with Crippen molar-refractivity contribution in [2.75, 3.05) is 5.73 Å². The highest BCUT2D eigenvalue weighted by molar-refractivity contribution is 7.17. The number of hydrogen-bond donors (Lipinski definition) is 1. The molecular weight excluding hydrogens is 284 g/mol. The zero-order chi connectivity index (χ0) is 13.9. The molecule has 0 amide bonds. The molecule has 0 spiro atoms. The molecule has 20 heavy (non-hydrogen) atoms. The van der Waals surface area contributed by atoms with Crippen molar-refractivity contribution in [1.29, 1.82) is 0 Å². The van der Waals surface area contributed by atoms with Crippen molar-refractivity contribution >= 4 is 38.6 Å². The number of pyridine rings is 1. The number of nitrogens with zero attached hydrogens (tertiary/aromatic N) is 1. The van der Waals surface area contributed by atoms with Crippen molar-refractivity contribution < 1.29 is 0 Å². The summed E-state index contributed by atoms with van der Waals surface area (Å²) in [6.45, 7) is 2.23. The molecule has 0 aromatic carbocycles. The molecule has 2 N–H and O–H groups in total. The SMILES string of the molecule is CCCCCc1cc(-c2cccs2)nc2scc(N)c12. The fourth-order valence-electron chi connectivity index (χ4n) is 2.46. The van der Waals surface area contributed by atoms with Gasteiger partial charge in [-0.15, -0.1) is 22.7 Å². The number of aryl methyl sites for hydroxylation is 1. The number of thiophene rings is 2. The predicted octanol–water partition coefficient (Wildman–Crippen LogP) is 5.34. The number of unbranched alkanes of at least 4 members (excludes halogenated alkanes) is 2. The highest BCUT2D eigenvalue weighted by atomic mass is 32.1. The summed E-state index contributed by atoms with van der Waals surface area (Å²) >= 11 is 3.39. The summed E-state index contributed by atoms with van der Waals surface area (Å²) < 4.78 is 0. The first kappa shape index (κ1) is 13.6. The molecule has 0 saturated carbocycles. The van der Waals surface area contributed by atoms with Crippen LogP contribution in [0.1, 0.15) is 31.7 Å². The van der Waals surface area contributed by atoms with Crippen LogP contribution in [0.5, 0.6) is 0 Å². The quantitative estimate of drug-likeness (QED) is 0.646. The lowest BCUT2D eigenvalue weighted by molar-refractivity contribution is 0.719. The number of rotatable bonds is 5. The smallest absolute Gasteiger partial charge is 0.126 e. The van der Waals surface area contributed by atoms with Crippen LogP contribution in [-0.2, 0) is 6.42 Å². The van der Waals surface area contributed by atoms with Crippen molar-refractivity contribution in [2.45, 2.75) is 32.6 Å². The lowest BCUT2D eigenvalue weighted by Crippen LogP contribution is -1.93. The third-order valence-electron chi connectivity index (χ3n) is 3.48. The van der Waals surface area contributed by atoms with Gasteiger partial charge < -0.3 is 5.73 Å². The Hall–Kier alpha value is -1.39. The number of anilines is 1. The van der Waals surface area contributed by atoms with Gasteiger partial charge in [-0.1, -0.05) is 25.8 Å². The predicted molar refractivity (Wildman–Crippen MR) is 90.6 cm³/mol. The normalized spacial score (nSPS) is 11.2. The lowest BCUT2D eigenvalue weighted by atomic mass is 10.0. The van der Waals surface area contributed by atoms with Crippen molar-refractivity contribution in [3.63, 3.8) is 0 Å². The van der Waals surface area contributed by atoms with E-state index >= 15 is 0 Å². The molecule has 0 saturated heterocycles. The summed E-state index contributed by atoms with van der Waals surface area (Å²) in [7, 11) is 0. The maximum absolute atomic E-state index is 6.12. The Balaban J connectivity index is 2.06. The number of nitrogens with two attached hydrogens (primary N) is 1. The molecule has 3 heterocycles. The van der Waals surface area contributed by atoms with Crippen LogP contribution in [0, 0.1) is 0 Å². The fourth-order valence-corrected chi connectivity index (χ4v) is 4.02. The highest BCUT2D eigenvalue weighted by Gasteiger charge is 2.12. The van der Waals surface area contributed by atoms with Crippen molar-refractivity contribution in [2.24, 2.45) is 0 Å². The third kappa shape index (κ3) is 2.58. The summed E-state index contributed by atoms with van der Waals surface area (Å²) in [5.41, 5.74) is 9.44. The molecule has 0 aliphatic carbocycles. The second kappa shape index (κ2) is 5.94. The Labute approximate surface area is 127 Å². The fraction of sp³-hybridized carbons (Fsp3) is 0.312. The van der Waals surface area contributed by atoms with E-state index in [2.05, 4.69) is 30.5 Å². The Kier molecular flexibility index (Phi) is 4.03. The van der Waals surface area contributed by atoms with Gasteiger partial charge in [0, 0.05) is 10.8 Å². The van der Waals surface area contributed by atoms with Crippen molar-refractivity contribution in [3.05, 3.63) is 34.5 Å². The Morgan fingerprint density at radius 2 is 2.15 bits per heavy atom.